The molecule has 0 atom stereocenters. The number of hydrogen-bond acceptors (Lipinski definition) is 4. The van der Waals surface area contributed by atoms with E-state index in [-0.39, 0.29) is 22.2 Å². The Labute approximate surface area is 208 Å². The Kier molecular flexibility index (Phi) is 6.65. The highest BCUT2D eigenvalue weighted by atomic mass is 32.2. The van der Waals surface area contributed by atoms with Crippen LogP contribution in [0.4, 0.5) is 26.3 Å². The minimum absolute atomic E-state index is 0.0122. The van der Waals surface area contributed by atoms with Crippen LogP contribution in [-0.2, 0) is 29.2 Å². The molecule has 4 aromatic rings. The van der Waals surface area contributed by atoms with E-state index in [1.807, 2.05) is 0 Å². The molecule has 12 heteroatoms. The maximum absolute atomic E-state index is 13.0. The molecule has 0 unspecified atom stereocenters. The highest BCUT2D eigenvalue weighted by molar-refractivity contribution is 7.91. The molecule has 2 aromatic carbocycles. The molecule has 5 nitrogen and oxygen atoms in total. The number of aromatic nitrogens is 3. The molecule has 4 rings (SSSR count). The van der Waals surface area contributed by atoms with E-state index in [1.165, 1.54) is 54.2 Å². The molecule has 0 amide bonds. The molecule has 2 aromatic heterocycles. The lowest BCUT2D eigenvalue weighted by Crippen LogP contribution is -2.09. The van der Waals surface area contributed by atoms with Gasteiger partial charge in [-0.15, -0.1) is 0 Å². The first-order valence-corrected chi connectivity index (χ1v) is 12.5. The van der Waals surface area contributed by atoms with Crippen LogP contribution >= 0.6 is 0 Å². The molecule has 2 heterocycles. The number of imidazole rings is 1. The molecule has 37 heavy (non-hydrogen) atoms. The number of pyridine rings is 1. The van der Waals surface area contributed by atoms with E-state index in [0.29, 0.717) is 22.4 Å². The summed E-state index contributed by atoms with van der Waals surface area (Å²) >= 11 is 0. The minimum atomic E-state index is -4.51. The van der Waals surface area contributed by atoms with E-state index in [1.54, 1.807) is 7.05 Å². The zero-order chi connectivity index (χ0) is 27.2. The number of rotatable bonds is 5. The first-order chi connectivity index (χ1) is 17.2. The van der Waals surface area contributed by atoms with Gasteiger partial charge in [0, 0.05) is 18.8 Å². The fraction of sp³-hybridized carbons (Fsp3) is 0.200. The van der Waals surface area contributed by atoms with Crippen LogP contribution in [0.5, 0.6) is 0 Å². The van der Waals surface area contributed by atoms with Crippen molar-refractivity contribution >= 4 is 9.84 Å². The number of hydrogen-bond donors (Lipinski definition) is 0. The number of halogens is 6. The minimum Gasteiger partial charge on any atom is -0.326 e. The molecule has 0 aliphatic carbocycles. The van der Waals surface area contributed by atoms with Gasteiger partial charge in [-0.2, -0.15) is 26.3 Å². The van der Waals surface area contributed by atoms with Crippen molar-refractivity contribution in [3.8, 4) is 33.9 Å². The van der Waals surface area contributed by atoms with Crippen LogP contribution in [0.1, 0.15) is 18.1 Å². The molecule has 0 aliphatic rings. The van der Waals surface area contributed by atoms with Gasteiger partial charge >= 0.3 is 12.4 Å². The fourth-order valence-electron chi connectivity index (χ4n) is 3.74. The molecule has 194 valence electrons. The van der Waals surface area contributed by atoms with Gasteiger partial charge in [0.05, 0.1) is 33.7 Å². The van der Waals surface area contributed by atoms with Crippen LogP contribution in [-0.4, -0.2) is 28.7 Å². The highest BCUT2D eigenvalue weighted by Gasteiger charge is 2.31. The van der Waals surface area contributed by atoms with Crippen LogP contribution in [0.15, 0.2) is 71.9 Å². The summed E-state index contributed by atoms with van der Waals surface area (Å²) in [5.74, 6) is -0.116. The van der Waals surface area contributed by atoms with Gasteiger partial charge in [-0.3, -0.25) is 4.98 Å². The Morgan fingerprint density at radius 2 is 1.27 bits per heavy atom. The van der Waals surface area contributed by atoms with Crippen molar-refractivity contribution in [3.05, 3.63) is 78.1 Å². The lowest BCUT2D eigenvalue weighted by atomic mass is 10.0. The van der Waals surface area contributed by atoms with Crippen LogP contribution < -0.4 is 0 Å². The smallest absolute Gasteiger partial charge is 0.326 e. The van der Waals surface area contributed by atoms with Gasteiger partial charge in [0.1, 0.15) is 5.69 Å². The van der Waals surface area contributed by atoms with E-state index in [0.717, 1.165) is 24.3 Å². The third-order valence-electron chi connectivity index (χ3n) is 5.82. The number of alkyl halides is 6. The van der Waals surface area contributed by atoms with Crippen molar-refractivity contribution in [1.29, 1.82) is 0 Å². The van der Waals surface area contributed by atoms with Crippen LogP contribution in [0.25, 0.3) is 33.9 Å². The average molecular weight is 540 g/mol. The molecule has 0 bridgehead atoms. The second-order valence-corrected chi connectivity index (χ2v) is 10.4. The Hall–Kier alpha value is -3.67. The fourth-order valence-corrected chi connectivity index (χ4v) is 4.80. The van der Waals surface area contributed by atoms with Crippen LogP contribution in [0, 0.1) is 0 Å². The normalized spacial score (nSPS) is 12.6. The summed E-state index contributed by atoms with van der Waals surface area (Å²) in [6, 6.07) is 10.0. The summed E-state index contributed by atoms with van der Waals surface area (Å²) in [4.78, 5) is 8.40. The van der Waals surface area contributed by atoms with E-state index < -0.39 is 33.3 Å². The number of nitrogens with zero attached hydrogens (tertiary/aromatic N) is 3. The summed E-state index contributed by atoms with van der Waals surface area (Å²) in [6.45, 7) is 1.44. The first kappa shape index (κ1) is 26.4. The topological polar surface area (TPSA) is 64.8 Å². The Morgan fingerprint density at radius 1 is 0.757 bits per heavy atom. The Morgan fingerprint density at radius 3 is 1.76 bits per heavy atom. The third-order valence-corrected chi connectivity index (χ3v) is 7.56. The van der Waals surface area contributed by atoms with Crippen molar-refractivity contribution < 1.29 is 34.8 Å². The first-order valence-electron chi connectivity index (χ1n) is 10.8. The standard InChI is InChI=1S/C25H19F6N3O2S/c1-3-37(35,36)21-12-17(15-4-8-18(9-5-15)24(26,27)28)13-32-22(21)23-33-14-20(34(23)2)16-6-10-19(11-7-16)25(29,30)31/h4-14H,3H2,1-2H3. The second kappa shape index (κ2) is 9.33. The average Bonchev–Trinajstić information content (AvgIpc) is 3.23. The summed E-state index contributed by atoms with van der Waals surface area (Å²) in [5.41, 5.74) is -0.154. The molecule has 0 radical (unpaired) electrons. The van der Waals surface area contributed by atoms with Gasteiger partial charge in [0.15, 0.2) is 15.7 Å². The molecular weight excluding hydrogens is 520 g/mol. The zero-order valence-corrected chi connectivity index (χ0v) is 20.2. The maximum atomic E-state index is 13.0. The van der Waals surface area contributed by atoms with Crippen molar-refractivity contribution in [2.45, 2.75) is 24.2 Å². The molecule has 0 saturated carbocycles. The van der Waals surface area contributed by atoms with Crippen LogP contribution in [0.3, 0.4) is 0 Å². The quantitative estimate of drug-likeness (QED) is 0.267. The van der Waals surface area contributed by atoms with Gasteiger partial charge in [-0.05, 0) is 41.5 Å². The monoisotopic (exact) mass is 539 g/mol. The lowest BCUT2D eigenvalue weighted by Gasteiger charge is -2.13. The van der Waals surface area contributed by atoms with Crippen LogP contribution in [0.2, 0.25) is 0 Å². The largest absolute Gasteiger partial charge is 0.416 e. The molecule has 0 fully saturated rings. The Bertz CT molecular complexity index is 1540. The number of benzene rings is 2. The zero-order valence-electron chi connectivity index (χ0n) is 19.4. The SMILES string of the molecule is CCS(=O)(=O)c1cc(-c2ccc(C(F)(F)F)cc2)cnc1-c1ncc(-c2ccc(C(F)(F)F)cc2)n1C. The predicted molar refractivity (Wildman–Crippen MR) is 125 cm³/mol. The predicted octanol–water partition coefficient (Wildman–Crippen LogP) is 6.65. The summed E-state index contributed by atoms with van der Waals surface area (Å²) in [6.07, 6.45) is -6.27. The highest BCUT2D eigenvalue weighted by Crippen LogP contribution is 2.35. The summed E-state index contributed by atoms with van der Waals surface area (Å²) < 4.78 is 105. The van der Waals surface area contributed by atoms with Gasteiger partial charge in [0.2, 0.25) is 0 Å². The lowest BCUT2D eigenvalue weighted by molar-refractivity contribution is -0.138. The molecular formula is C25H19F6N3O2S. The van der Waals surface area contributed by atoms with E-state index in [9.17, 15) is 34.8 Å². The maximum Gasteiger partial charge on any atom is 0.416 e. The van der Waals surface area contributed by atoms with Gasteiger partial charge in [-0.1, -0.05) is 31.2 Å². The summed E-state index contributed by atoms with van der Waals surface area (Å²) in [5, 5.41) is 0. The van der Waals surface area contributed by atoms with Crippen molar-refractivity contribution in [1.82, 2.24) is 14.5 Å². The summed E-state index contributed by atoms with van der Waals surface area (Å²) in [7, 11) is -2.28. The van der Waals surface area contributed by atoms with Gasteiger partial charge in [0.25, 0.3) is 0 Å². The van der Waals surface area contributed by atoms with E-state index >= 15 is 0 Å². The third kappa shape index (κ3) is 5.24. The van der Waals surface area contributed by atoms with Gasteiger partial charge in [-0.25, -0.2) is 13.4 Å². The molecule has 0 spiro atoms. The molecule has 0 aliphatic heterocycles. The molecule has 0 saturated heterocycles. The van der Waals surface area contributed by atoms with Crippen molar-refractivity contribution in [2.24, 2.45) is 7.05 Å². The second-order valence-electron chi connectivity index (χ2n) is 8.15. The number of sulfone groups is 1. The molecule has 0 N–H and O–H groups in total. The van der Waals surface area contributed by atoms with Gasteiger partial charge < -0.3 is 4.57 Å². The van der Waals surface area contributed by atoms with Crippen molar-refractivity contribution in [3.63, 3.8) is 0 Å². The van der Waals surface area contributed by atoms with E-state index in [4.69, 9.17) is 0 Å². The van der Waals surface area contributed by atoms with Crippen molar-refractivity contribution in [2.75, 3.05) is 5.75 Å². The Balaban J connectivity index is 1.79. The van der Waals surface area contributed by atoms with E-state index in [2.05, 4.69) is 9.97 Å².